The summed E-state index contributed by atoms with van der Waals surface area (Å²) >= 11 is 0. The molecule has 1 aliphatic carbocycles. The summed E-state index contributed by atoms with van der Waals surface area (Å²) in [7, 11) is 0. The van der Waals surface area contributed by atoms with E-state index in [0.717, 1.165) is 18.2 Å². The van der Waals surface area contributed by atoms with Crippen LogP contribution in [0, 0.1) is 0 Å². The monoisotopic (exact) mass is 365 g/mol. The fourth-order valence-electron chi connectivity index (χ4n) is 4.17. The van der Waals surface area contributed by atoms with E-state index in [1.54, 1.807) is 4.90 Å². The molecular weight excluding hydrogens is 347 g/mol. The number of nitrogens with zero attached hydrogens (tertiary/aromatic N) is 3. The van der Waals surface area contributed by atoms with Gasteiger partial charge in [-0.3, -0.25) is 9.78 Å². The average molecular weight is 365 g/mol. The Bertz CT molecular complexity index is 900. The second-order valence-electron chi connectivity index (χ2n) is 6.92. The van der Waals surface area contributed by atoms with Gasteiger partial charge in [-0.1, -0.05) is 0 Å². The van der Waals surface area contributed by atoms with Crippen LogP contribution in [-0.4, -0.2) is 28.0 Å². The van der Waals surface area contributed by atoms with Crippen LogP contribution in [0.1, 0.15) is 36.1 Å². The van der Waals surface area contributed by atoms with E-state index in [0.29, 0.717) is 37.9 Å². The van der Waals surface area contributed by atoms with Crippen molar-refractivity contribution in [2.75, 3.05) is 23.7 Å². The number of anilines is 2. The van der Waals surface area contributed by atoms with Gasteiger partial charge in [-0.25, -0.2) is 9.97 Å². The summed E-state index contributed by atoms with van der Waals surface area (Å²) in [5, 5.41) is 0. The van der Waals surface area contributed by atoms with Crippen molar-refractivity contribution < 1.29 is 13.2 Å². The Labute approximate surface area is 147 Å². The maximum absolute atomic E-state index is 13.3. The topological polar surface area (TPSA) is 87.9 Å². The van der Waals surface area contributed by atoms with Gasteiger partial charge in [0.05, 0.1) is 11.3 Å². The van der Waals surface area contributed by atoms with Crippen LogP contribution in [0.5, 0.6) is 0 Å². The van der Waals surface area contributed by atoms with Gasteiger partial charge >= 0.3 is 6.18 Å². The fourth-order valence-corrected chi connectivity index (χ4v) is 4.17. The minimum atomic E-state index is -4.44. The Kier molecular flexibility index (Phi) is 3.71. The highest BCUT2D eigenvalue weighted by Crippen LogP contribution is 2.45. The van der Waals surface area contributed by atoms with Gasteiger partial charge in [-0.15, -0.1) is 0 Å². The number of aromatic nitrogens is 3. The van der Waals surface area contributed by atoms with Crippen LogP contribution < -0.4 is 16.2 Å². The molecule has 4 rings (SSSR count). The molecule has 0 saturated carbocycles. The van der Waals surface area contributed by atoms with Crippen molar-refractivity contribution in [3.05, 3.63) is 45.5 Å². The summed E-state index contributed by atoms with van der Waals surface area (Å²) in [5.41, 5.74) is 5.84. The molecule has 9 heteroatoms. The zero-order valence-corrected chi connectivity index (χ0v) is 13.9. The summed E-state index contributed by atoms with van der Waals surface area (Å²) in [4.78, 5) is 24.6. The molecule has 0 atom stereocenters. The number of pyridine rings is 1. The molecule has 3 heterocycles. The van der Waals surface area contributed by atoms with Gasteiger partial charge in [0.2, 0.25) is 5.95 Å². The molecule has 138 valence electrons. The smallest absolute Gasteiger partial charge is 0.369 e. The summed E-state index contributed by atoms with van der Waals surface area (Å²) in [6.45, 7) is 0.849. The number of alkyl halides is 3. The molecule has 1 spiro atoms. The minimum Gasteiger partial charge on any atom is -0.369 e. The molecule has 0 amide bonds. The second-order valence-corrected chi connectivity index (χ2v) is 6.92. The maximum atomic E-state index is 13.3. The summed E-state index contributed by atoms with van der Waals surface area (Å²) in [6, 6.07) is 2.35. The molecule has 2 aromatic rings. The third-order valence-electron chi connectivity index (χ3n) is 5.50. The van der Waals surface area contributed by atoms with Gasteiger partial charge < -0.3 is 10.6 Å². The van der Waals surface area contributed by atoms with Crippen molar-refractivity contribution in [1.29, 1.82) is 0 Å². The van der Waals surface area contributed by atoms with Gasteiger partial charge in [-0.05, 0) is 37.8 Å². The molecule has 3 N–H and O–H groups in total. The molecule has 0 radical (unpaired) electrons. The van der Waals surface area contributed by atoms with Crippen LogP contribution in [-0.2, 0) is 18.0 Å². The van der Waals surface area contributed by atoms with Crippen LogP contribution in [0.15, 0.2) is 23.1 Å². The highest BCUT2D eigenvalue weighted by molar-refractivity contribution is 5.50. The first-order valence-corrected chi connectivity index (χ1v) is 8.46. The zero-order chi connectivity index (χ0) is 18.5. The first-order valence-electron chi connectivity index (χ1n) is 8.46. The molecule has 6 nitrogen and oxygen atoms in total. The molecule has 2 aromatic heterocycles. The molecule has 2 aliphatic rings. The molecular formula is C17H18F3N5O. The van der Waals surface area contributed by atoms with Crippen LogP contribution >= 0.6 is 0 Å². The molecule has 1 saturated heterocycles. The van der Waals surface area contributed by atoms with Crippen molar-refractivity contribution in [2.24, 2.45) is 0 Å². The van der Waals surface area contributed by atoms with E-state index in [1.165, 1.54) is 12.3 Å². The first-order chi connectivity index (χ1) is 12.3. The maximum Gasteiger partial charge on any atom is 0.419 e. The number of halogens is 3. The lowest BCUT2D eigenvalue weighted by atomic mass is 9.76. The Morgan fingerprint density at radius 3 is 2.65 bits per heavy atom. The fraction of sp³-hybridized carbons (Fsp3) is 0.471. The van der Waals surface area contributed by atoms with Gasteiger partial charge in [0.1, 0.15) is 5.82 Å². The zero-order valence-electron chi connectivity index (χ0n) is 13.9. The van der Waals surface area contributed by atoms with E-state index in [2.05, 4.69) is 15.0 Å². The van der Waals surface area contributed by atoms with E-state index in [1.807, 2.05) is 0 Å². The number of fused-ring (bicyclic) bond motifs is 2. The number of rotatable bonds is 1. The summed E-state index contributed by atoms with van der Waals surface area (Å²) in [6.07, 6.45) is -0.448. The number of nitrogens with one attached hydrogen (secondary N) is 1. The lowest BCUT2D eigenvalue weighted by Gasteiger charge is -2.40. The standard InChI is InChI=1S/C17H18F3N5O/c18-17(19,20)11-2-1-7-22-13(11)25-8-5-16(6-9-25)4-3-10-12(16)23-15(21)24-14(10)26/h1-2,7H,3-6,8-9H2,(H3,21,23,24,26). The Balaban J connectivity index is 1.62. The number of nitrogens with two attached hydrogens (primary N) is 1. The third kappa shape index (κ3) is 2.62. The highest BCUT2D eigenvalue weighted by Gasteiger charge is 2.45. The van der Waals surface area contributed by atoms with Crippen molar-refractivity contribution in [2.45, 2.75) is 37.3 Å². The first kappa shape index (κ1) is 16.9. The molecule has 1 aliphatic heterocycles. The largest absolute Gasteiger partial charge is 0.419 e. The number of nitrogen functional groups attached to an aromatic ring is 1. The molecule has 26 heavy (non-hydrogen) atoms. The van der Waals surface area contributed by atoms with Crippen LogP contribution in [0.3, 0.4) is 0 Å². The number of hydrogen-bond acceptors (Lipinski definition) is 5. The van der Waals surface area contributed by atoms with E-state index >= 15 is 0 Å². The predicted octanol–water partition coefficient (Wildman–Crippen LogP) is 2.25. The van der Waals surface area contributed by atoms with Gasteiger partial charge in [0.15, 0.2) is 0 Å². The van der Waals surface area contributed by atoms with Gasteiger partial charge in [0.25, 0.3) is 5.56 Å². The highest BCUT2D eigenvalue weighted by atomic mass is 19.4. The number of H-pyrrole nitrogens is 1. The quantitative estimate of drug-likeness (QED) is 0.809. The Morgan fingerprint density at radius 2 is 1.96 bits per heavy atom. The SMILES string of the molecule is Nc1nc2c(c(=O)[nH]1)CCC21CCN(c2ncccc2C(F)(F)F)CC1. The van der Waals surface area contributed by atoms with Crippen molar-refractivity contribution in [1.82, 2.24) is 15.0 Å². The van der Waals surface area contributed by atoms with Crippen LogP contribution in [0.4, 0.5) is 24.9 Å². The van der Waals surface area contributed by atoms with Gasteiger partial charge in [0, 0.05) is 30.3 Å². The second kappa shape index (κ2) is 5.72. The lowest BCUT2D eigenvalue weighted by Crippen LogP contribution is -2.43. The van der Waals surface area contributed by atoms with Crippen LogP contribution in [0.25, 0.3) is 0 Å². The van der Waals surface area contributed by atoms with Crippen molar-refractivity contribution in [3.63, 3.8) is 0 Å². The Morgan fingerprint density at radius 1 is 1.23 bits per heavy atom. The molecule has 1 fully saturated rings. The van der Waals surface area contributed by atoms with E-state index < -0.39 is 11.7 Å². The number of aromatic amines is 1. The summed E-state index contributed by atoms with van der Waals surface area (Å²) in [5.74, 6) is 0.0491. The molecule has 0 bridgehead atoms. The van der Waals surface area contributed by atoms with Gasteiger partial charge in [-0.2, -0.15) is 13.2 Å². The van der Waals surface area contributed by atoms with E-state index in [9.17, 15) is 18.0 Å². The predicted molar refractivity (Wildman–Crippen MR) is 90.0 cm³/mol. The van der Waals surface area contributed by atoms with E-state index in [-0.39, 0.29) is 22.7 Å². The van der Waals surface area contributed by atoms with Crippen molar-refractivity contribution >= 4 is 11.8 Å². The average Bonchev–Trinajstić information content (AvgIpc) is 2.94. The number of piperidine rings is 1. The van der Waals surface area contributed by atoms with E-state index in [4.69, 9.17) is 5.73 Å². The van der Waals surface area contributed by atoms with Crippen molar-refractivity contribution in [3.8, 4) is 0 Å². The minimum absolute atomic E-state index is 0.0357. The van der Waals surface area contributed by atoms with Crippen LogP contribution in [0.2, 0.25) is 0 Å². The molecule has 0 aromatic carbocycles. The normalized spacial score (nSPS) is 19.0. The third-order valence-corrected chi connectivity index (χ3v) is 5.50. The number of hydrogen-bond donors (Lipinski definition) is 2. The summed E-state index contributed by atoms with van der Waals surface area (Å²) < 4.78 is 39.8. The lowest BCUT2D eigenvalue weighted by molar-refractivity contribution is -0.137. The Hall–Kier alpha value is -2.58. The molecule has 0 unspecified atom stereocenters.